The van der Waals surface area contributed by atoms with Crippen molar-refractivity contribution in [3.05, 3.63) is 34.9 Å². The second kappa shape index (κ2) is 5.72. The zero-order chi connectivity index (χ0) is 12.1. The number of hydrogen-bond acceptors (Lipinski definition) is 2. The van der Waals surface area contributed by atoms with Gasteiger partial charge in [-0.15, -0.1) is 0 Å². The molecule has 1 aromatic carbocycles. The van der Waals surface area contributed by atoms with Crippen molar-refractivity contribution in [1.29, 1.82) is 0 Å². The second-order valence-electron chi connectivity index (χ2n) is 3.63. The van der Waals surface area contributed by atoms with E-state index in [2.05, 4.69) is 5.32 Å². The Hall–Kier alpha value is -1.26. The molecule has 3 N–H and O–H groups in total. The monoisotopic (exact) mass is 243 g/mol. The molecule has 1 rings (SSSR count). The normalized spacial score (nSPS) is 14.2. The van der Waals surface area contributed by atoms with Gasteiger partial charge in [0, 0.05) is 5.02 Å². The van der Waals surface area contributed by atoms with Crippen LogP contribution in [0, 0.1) is 0 Å². The van der Waals surface area contributed by atoms with Gasteiger partial charge < -0.3 is 15.5 Å². The highest BCUT2D eigenvalue weighted by molar-refractivity contribution is 6.30. The van der Waals surface area contributed by atoms with E-state index in [0.717, 1.165) is 5.56 Å². The number of nitrogens with one attached hydrogen (secondary N) is 1. The van der Waals surface area contributed by atoms with Crippen molar-refractivity contribution in [3.63, 3.8) is 0 Å². The number of hydrogen-bond donors (Lipinski definition) is 3. The van der Waals surface area contributed by atoms with Crippen LogP contribution < -0.4 is 5.32 Å². The number of amides is 1. The van der Waals surface area contributed by atoms with Crippen LogP contribution in [0.25, 0.3) is 0 Å². The van der Waals surface area contributed by atoms with Gasteiger partial charge in [-0.05, 0) is 31.0 Å². The van der Waals surface area contributed by atoms with E-state index in [-0.39, 0.29) is 0 Å². The molecule has 1 amide bonds. The van der Waals surface area contributed by atoms with Gasteiger partial charge in [-0.1, -0.05) is 23.7 Å². The van der Waals surface area contributed by atoms with Crippen molar-refractivity contribution >= 4 is 17.7 Å². The van der Waals surface area contributed by atoms with Crippen LogP contribution in [0.4, 0.5) is 4.79 Å². The number of aliphatic hydroxyl groups is 1. The summed E-state index contributed by atoms with van der Waals surface area (Å²) in [5.41, 5.74) is 0.920. The predicted octanol–water partition coefficient (Wildman–Crippen LogP) is 1.90. The highest BCUT2D eigenvalue weighted by atomic mass is 35.5. The summed E-state index contributed by atoms with van der Waals surface area (Å²) in [4.78, 5) is 10.5. The number of halogens is 1. The lowest BCUT2D eigenvalue weighted by atomic mass is 10.0. The summed E-state index contributed by atoms with van der Waals surface area (Å²) in [6.45, 7) is 1.55. The van der Waals surface area contributed by atoms with Crippen LogP contribution in [0.15, 0.2) is 24.3 Å². The maximum absolute atomic E-state index is 10.5. The van der Waals surface area contributed by atoms with Gasteiger partial charge in [-0.3, -0.25) is 0 Å². The highest BCUT2D eigenvalue weighted by Crippen LogP contribution is 2.12. The number of carboxylic acid groups (broad SMARTS) is 1. The van der Waals surface area contributed by atoms with E-state index in [9.17, 15) is 9.90 Å². The third-order valence-electron chi connectivity index (χ3n) is 2.26. The molecule has 88 valence electrons. The molecule has 0 aliphatic heterocycles. The lowest BCUT2D eigenvalue weighted by Crippen LogP contribution is -2.42. The third-order valence-corrected chi connectivity index (χ3v) is 2.51. The molecule has 0 aromatic heterocycles. The van der Waals surface area contributed by atoms with E-state index < -0.39 is 18.2 Å². The van der Waals surface area contributed by atoms with E-state index in [1.807, 2.05) is 0 Å². The van der Waals surface area contributed by atoms with Crippen molar-refractivity contribution in [2.45, 2.75) is 25.5 Å². The number of rotatable bonds is 4. The minimum atomic E-state index is -1.14. The Kier molecular flexibility index (Phi) is 4.58. The number of aliphatic hydroxyl groups excluding tert-OH is 1. The Morgan fingerprint density at radius 2 is 2.00 bits per heavy atom. The Balaban J connectivity index is 2.67. The van der Waals surface area contributed by atoms with Crippen molar-refractivity contribution in [1.82, 2.24) is 5.32 Å². The Morgan fingerprint density at radius 3 is 2.44 bits per heavy atom. The highest BCUT2D eigenvalue weighted by Gasteiger charge is 2.17. The molecular weight excluding hydrogens is 230 g/mol. The van der Waals surface area contributed by atoms with Crippen LogP contribution in [-0.4, -0.2) is 28.5 Å². The summed E-state index contributed by atoms with van der Waals surface area (Å²) < 4.78 is 0. The molecule has 0 saturated carbocycles. The summed E-state index contributed by atoms with van der Waals surface area (Å²) in [6, 6.07) is 6.56. The molecule has 16 heavy (non-hydrogen) atoms. The molecule has 0 heterocycles. The Morgan fingerprint density at radius 1 is 1.44 bits per heavy atom. The van der Waals surface area contributed by atoms with Crippen molar-refractivity contribution in [2.75, 3.05) is 0 Å². The smallest absolute Gasteiger partial charge is 0.404 e. The summed E-state index contributed by atoms with van der Waals surface area (Å²) in [5.74, 6) is 0. The molecule has 0 aliphatic rings. The first-order chi connectivity index (χ1) is 7.49. The van der Waals surface area contributed by atoms with Gasteiger partial charge in [-0.2, -0.15) is 0 Å². The zero-order valence-electron chi connectivity index (χ0n) is 8.85. The fourth-order valence-corrected chi connectivity index (χ4v) is 1.50. The van der Waals surface area contributed by atoms with E-state index in [1.165, 1.54) is 0 Å². The lowest BCUT2D eigenvalue weighted by molar-refractivity contribution is 0.133. The zero-order valence-corrected chi connectivity index (χ0v) is 9.61. The summed E-state index contributed by atoms with van der Waals surface area (Å²) in [7, 11) is 0. The van der Waals surface area contributed by atoms with Gasteiger partial charge in [0.05, 0.1) is 12.1 Å². The molecule has 2 atom stereocenters. The topological polar surface area (TPSA) is 69.6 Å². The molecule has 0 fully saturated rings. The number of benzene rings is 1. The largest absolute Gasteiger partial charge is 0.465 e. The molecule has 0 radical (unpaired) electrons. The summed E-state index contributed by atoms with van der Waals surface area (Å²) >= 11 is 5.74. The molecule has 0 bridgehead atoms. The van der Waals surface area contributed by atoms with Crippen molar-refractivity contribution in [3.8, 4) is 0 Å². The van der Waals surface area contributed by atoms with E-state index >= 15 is 0 Å². The van der Waals surface area contributed by atoms with Crippen LogP contribution >= 0.6 is 11.6 Å². The minimum absolute atomic E-state index is 0.432. The van der Waals surface area contributed by atoms with Gasteiger partial charge in [0.1, 0.15) is 0 Å². The molecule has 0 spiro atoms. The van der Waals surface area contributed by atoms with Crippen LogP contribution in [0.5, 0.6) is 0 Å². The molecule has 0 aliphatic carbocycles. The number of carbonyl (C=O) groups is 1. The maximum atomic E-state index is 10.5. The Bertz CT molecular complexity index is 351. The molecule has 1 aromatic rings. The molecule has 4 nitrogen and oxygen atoms in total. The third kappa shape index (κ3) is 4.08. The fourth-order valence-electron chi connectivity index (χ4n) is 1.38. The van der Waals surface area contributed by atoms with Gasteiger partial charge in [0.25, 0.3) is 0 Å². The van der Waals surface area contributed by atoms with Crippen LogP contribution in [0.2, 0.25) is 5.02 Å². The standard InChI is InChI=1S/C11H14ClNO3/c1-7(14)10(13-11(15)16)6-8-2-4-9(12)5-3-8/h2-5,7,10,13-14H,6H2,1H3,(H,15,16). The summed E-state index contributed by atoms with van der Waals surface area (Å²) in [5, 5.41) is 20.9. The van der Waals surface area contributed by atoms with Crippen molar-refractivity contribution < 1.29 is 15.0 Å². The fraction of sp³-hybridized carbons (Fsp3) is 0.364. The van der Waals surface area contributed by atoms with Gasteiger partial charge >= 0.3 is 6.09 Å². The van der Waals surface area contributed by atoms with Gasteiger partial charge in [0.2, 0.25) is 0 Å². The van der Waals surface area contributed by atoms with E-state index in [0.29, 0.717) is 11.4 Å². The lowest BCUT2D eigenvalue weighted by Gasteiger charge is -2.19. The Labute approximate surface area is 98.9 Å². The molecule has 0 saturated heterocycles. The van der Waals surface area contributed by atoms with E-state index in [4.69, 9.17) is 16.7 Å². The molecule has 5 heteroatoms. The van der Waals surface area contributed by atoms with Crippen LogP contribution in [0.1, 0.15) is 12.5 Å². The maximum Gasteiger partial charge on any atom is 0.404 e. The van der Waals surface area contributed by atoms with Gasteiger partial charge in [-0.25, -0.2) is 4.79 Å². The average molecular weight is 244 g/mol. The second-order valence-corrected chi connectivity index (χ2v) is 4.06. The summed E-state index contributed by atoms with van der Waals surface area (Å²) in [6.07, 6.45) is -1.45. The first-order valence-corrected chi connectivity index (χ1v) is 5.29. The van der Waals surface area contributed by atoms with Crippen molar-refractivity contribution in [2.24, 2.45) is 0 Å². The first kappa shape index (κ1) is 12.8. The minimum Gasteiger partial charge on any atom is -0.465 e. The predicted molar refractivity (Wildman–Crippen MR) is 61.8 cm³/mol. The van der Waals surface area contributed by atoms with Crippen LogP contribution in [-0.2, 0) is 6.42 Å². The quantitative estimate of drug-likeness (QED) is 0.757. The van der Waals surface area contributed by atoms with Crippen LogP contribution in [0.3, 0.4) is 0 Å². The SMILES string of the molecule is CC(O)C(Cc1ccc(Cl)cc1)NC(=O)O. The first-order valence-electron chi connectivity index (χ1n) is 4.91. The van der Waals surface area contributed by atoms with Gasteiger partial charge in [0.15, 0.2) is 0 Å². The molecular formula is C11H14ClNO3. The molecule has 2 unspecified atom stereocenters. The van der Waals surface area contributed by atoms with E-state index in [1.54, 1.807) is 31.2 Å². The average Bonchev–Trinajstić information content (AvgIpc) is 2.19.